The van der Waals surface area contributed by atoms with E-state index in [0.29, 0.717) is 12.8 Å². The van der Waals surface area contributed by atoms with Gasteiger partial charge in [-0.1, -0.05) is 61.7 Å². The zero-order valence-electron chi connectivity index (χ0n) is 15.0. The van der Waals surface area contributed by atoms with Crippen molar-refractivity contribution in [2.75, 3.05) is 0 Å². The zero-order chi connectivity index (χ0) is 19.2. The predicted octanol–water partition coefficient (Wildman–Crippen LogP) is 3.98. The van der Waals surface area contributed by atoms with E-state index in [9.17, 15) is 18.5 Å². The number of nitrogens with one attached hydrogen (secondary N) is 1. The third-order valence-corrected chi connectivity index (χ3v) is 5.75. The van der Waals surface area contributed by atoms with E-state index in [1.54, 1.807) is 0 Å². The molecule has 0 spiro atoms. The number of para-hydroxylation sites is 1. The normalized spacial score (nSPS) is 12.7. The molecule has 6 nitrogen and oxygen atoms in total. The molecule has 0 saturated carbocycles. The molecule has 1 unspecified atom stereocenters. The molecular weight excluding hydrogens is 352 g/mol. The van der Waals surface area contributed by atoms with Crippen LogP contribution < -0.4 is 4.72 Å². The van der Waals surface area contributed by atoms with Crippen molar-refractivity contribution in [3.05, 3.63) is 69.8 Å². The third kappa shape index (κ3) is 5.37. The summed E-state index contributed by atoms with van der Waals surface area (Å²) >= 11 is 0. The molecule has 0 fully saturated rings. The Morgan fingerprint density at radius 3 is 2.38 bits per heavy atom. The number of benzene rings is 2. The third-order valence-electron chi connectivity index (χ3n) is 4.18. The number of sulfonamides is 1. The Balaban J connectivity index is 2.26. The van der Waals surface area contributed by atoms with Crippen LogP contribution in [0.15, 0.2) is 53.4 Å². The summed E-state index contributed by atoms with van der Waals surface area (Å²) in [5.41, 5.74) is 1.76. The van der Waals surface area contributed by atoms with Gasteiger partial charge in [-0.25, -0.2) is 13.1 Å². The molecule has 140 valence electrons. The molecular formula is C19H24N2O4S. The van der Waals surface area contributed by atoms with Crippen LogP contribution in [0, 0.1) is 17.0 Å². The number of aryl methyl sites for hydroxylation is 1. The molecule has 1 atom stereocenters. The Bertz CT molecular complexity index is 848. The first kappa shape index (κ1) is 20.1. The minimum absolute atomic E-state index is 0.296. The fourth-order valence-electron chi connectivity index (χ4n) is 2.78. The minimum atomic E-state index is -3.99. The van der Waals surface area contributed by atoms with Crippen LogP contribution in [-0.4, -0.2) is 19.4 Å². The molecule has 2 rings (SSSR count). The van der Waals surface area contributed by atoms with Gasteiger partial charge in [-0.15, -0.1) is 0 Å². The number of nitrogens with zero attached hydrogens (tertiary/aromatic N) is 1. The summed E-state index contributed by atoms with van der Waals surface area (Å²) in [5.74, 6) is 0. The van der Waals surface area contributed by atoms with E-state index in [1.165, 1.54) is 24.3 Å². The van der Waals surface area contributed by atoms with Crippen LogP contribution in [0.25, 0.3) is 0 Å². The van der Waals surface area contributed by atoms with Gasteiger partial charge in [-0.2, -0.15) is 0 Å². The van der Waals surface area contributed by atoms with Crippen molar-refractivity contribution in [1.29, 1.82) is 0 Å². The van der Waals surface area contributed by atoms with Crippen LogP contribution in [-0.2, 0) is 16.4 Å². The monoisotopic (exact) mass is 376 g/mol. The molecule has 0 bridgehead atoms. The highest BCUT2D eigenvalue weighted by molar-refractivity contribution is 7.89. The Kier molecular flexibility index (Phi) is 6.88. The standard InChI is InChI=1S/C19H24N2O4S/c1-3-4-7-17(14-16-12-10-15(2)11-13-16)20-26(24,25)19-9-6-5-8-18(19)21(22)23/h5-6,8-13,17,20H,3-4,7,14H2,1-2H3. The van der Waals surface area contributed by atoms with E-state index in [0.717, 1.165) is 24.0 Å². The molecule has 2 aromatic carbocycles. The van der Waals surface area contributed by atoms with E-state index in [2.05, 4.69) is 4.72 Å². The fraction of sp³-hybridized carbons (Fsp3) is 0.368. The summed E-state index contributed by atoms with van der Waals surface area (Å²) in [6.45, 7) is 4.04. The Labute approximate surface area is 154 Å². The number of nitro groups is 1. The summed E-state index contributed by atoms with van der Waals surface area (Å²) in [7, 11) is -3.99. The summed E-state index contributed by atoms with van der Waals surface area (Å²) in [6, 6.07) is 13.0. The smallest absolute Gasteiger partial charge is 0.258 e. The molecule has 0 aliphatic carbocycles. The summed E-state index contributed by atoms with van der Waals surface area (Å²) in [6.07, 6.45) is 3.03. The largest absolute Gasteiger partial charge is 0.289 e. The lowest BCUT2D eigenvalue weighted by Crippen LogP contribution is -2.36. The van der Waals surface area contributed by atoms with E-state index in [4.69, 9.17) is 0 Å². The van der Waals surface area contributed by atoms with Gasteiger partial charge in [0.1, 0.15) is 0 Å². The van der Waals surface area contributed by atoms with Crippen molar-refractivity contribution in [3.63, 3.8) is 0 Å². The highest BCUT2D eigenvalue weighted by Crippen LogP contribution is 2.24. The highest BCUT2D eigenvalue weighted by atomic mass is 32.2. The number of nitro benzene ring substituents is 1. The fourth-order valence-corrected chi connectivity index (χ4v) is 4.22. The maximum atomic E-state index is 12.8. The molecule has 0 radical (unpaired) electrons. The highest BCUT2D eigenvalue weighted by Gasteiger charge is 2.27. The molecule has 0 amide bonds. The molecule has 0 heterocycles. The second kappa shape index (κ2) is 8.91. The van der Waals surface area contributed by atoms with Crippen molar-refractivity contribution in [1.82, 2.24) is 4.72 Å². The first-order chi connectivity index (χ1) is 12.3. The van der Waals surface area contributed by atoms with E-state index >= 15 is 0 Å². The SMILES string of the molecule is CCCCC(Cc1ccc(C)cc1)NS(=O)(=O)c1ccccc1[N+](=O)[O-]. The quantitative estimate of drug-likeness (QED) is 0.529. The zero-order valence-corrected chi connectivity index (χ0v) is 15.8. The molecule has 26 heavy (non-hydrogen) atoms. The molecule has 2 aromatic rings. The second-order valence-corrected chi connectivity index (χ2v) is 8.06. The van der Waals surface area contributed by atoms with Crippen molar-refractivity contribution < 1.29 is 13.3 Å². The van der Waals surface area contributed by atoms with Gasteiger partial charge in [0.05, 0.1) is 4.92 Å². The molecule has 0 aromatic heterocycles. The van der Waals surface area contributed by atoms with Gasteiger partial charge >= 0.3 is 0 Å². The van der Waals surface area contributed by atoms with Crippen LogP contribution >= 0.6 is 0 Å². The average molecular weight is 376 g/mol. The van der Waals surface area contributed by atoms with Crippen molar-refractivity contribution in [3.8, 4) is 0 Å². The lowest BCUT2D eigenvalue weighted by Gasteiger charge is -2.19. The van der Waals surface area contributed by atoms with Gasteiger partial charge in [0.15, 0.2) is 4.90 Å². The summed E-state index contributed by atoms with van der Waals surface area (Å²) in [4.78, 5) is 10.2. The van der Waals surface area contributed by atoms with E-state index in [1.807, 2.05) is 38.1 Å². The summed E-state index contributed by atoms with van der Waals surface area (Å²) < 4.78 is 28.2. The first-order valence-electron chi connectivity index (χ1n) is 8.64. The second-order valence-electron chi connectivity index (χ2n) is 6.37. The minimum Gasteiger partial charge on any atom is -0.258 e. The van der Waals surface area contributed by atoms with Crippen molar-refractivity contribution in [2.45, 2.75) is 50.5 Å². The molecule has 0 saturated heterocycles. The van der Waals surface area contributed by atoms with Gasteiger partial charge in [0, 0.05) is 12.1 Å². The molecule has 0 aliphatic rings. The molecule has 7 heteroatoms. The topological polar surface area (TPSA) is 89.3 Å². The Morgan fingerprint density at radius 1 is 1.12 bits per heavy atom. The lowest BCUT2D eigenvalue weighted by atomic mass is 10.0. The predicted molar refractivity (Wildman–Crippen MR) is 102 cm³/mol. The number of hydrogen-bond donors (Lipinski definition) is 1. The van der Waals surface area contributed by atoms with Crippen LogP contribution in [0.5, 0.6) is 0 Å². The average Bonchev–Trinajstić information content (AvgIpc) is 2.61. The number of unbranched alkanes of at least 4 members (excludes halogenated alkanes) is 1. The number of hydrogen-bond acceptors (Lipinski definition) is 4. The van der Waals surface area contributed by atoms with Gasteiger partial charge in [-0.05, 0) is 31.4 Å². The van der Waals surface area contributed by atoms with E-state index in [-0.39, 0.29) is 10.9 Å². The Hall–Kier alpha value is -2.25. The molecule has 0 aliphatic heterocycles. The maximum Gasteiger partial charge on any atom is 0.289 e. The van der Waals surface area contributed by atoms with Crippen LogP contribution in [0.4, 0.5) is 5.69 Å². The first-order valence-corrected chi connectivity index (χ1v) is 10.1. The van der Waals surface area contributed by atoms with Crippen molar-refractivity contribution >= 4 is 15.7 Å². The van der Waals surface area contributed by atoms with Crippen molar-refractivity contribution in [2.24, 2.45) is 0 Å². The maximum absolute atomic E-state index is 12.8. The van der Waals surface area contributed by atoms with Gasteiger partial charge in [0.2, 0.25) is 10.0 Å². The number of rotatable bonds is 9. The van der Waals surface area contributed by atoms with Gasteiger partial charge in [-0.3, -0.25) is 10.1 Å². The molecule has 1 N–H and O–H groups in total. The van der Waals surface area contributed by atoms with Crippen LogP contribution in [0.2, 0.25) is 0 Å². The summed E-state index contributed by atoms with van der Waals surface area (Å²) in [5, 5.41) is 11.2. The van der Waals surface area contributed by atoms with E-state index < -0.39 is 20.6 Å². The van der Waals surface area contributed by atoms with Crippen LogP contribution in [0.3, 0.4) is 0 Å². The Morgan fingerprint density at radius 2 is 1.77 bits per heavy atom. The lowest BCUT2D eigenvalue weighted by molar-refractivity contribution is -0.387. The van der Waals surface area contributed by atoms with Gasteiger partial charge < -0.3 is 0 Å². The van der Waals surface area contributed by atoms with Gasteiger partial charge in [0.25, 0.3) is 5.69 Å². The van der Waals surface area contributed by atoms with Crippen LogP contribution in [0.1, 0.15) is 37.3 Å².